The van der Waals surface area contributed by atoms with Crippen molar-refractivity contribution in [3.05, 3.63) is 63.4 Å². The van der Waals surface area contributed by atoms with Crippen molar-refractivity contribution in [1.82, 2.24) is 4.98 Å². The number of rotatable bonds is 7. The first-order valence-electron chi connectivity index (χ1n) is 10.0. The molecule has 1 aromatic heterocycles. The van der Waals surface area contributed by atoms with E-state index in [1.54, 1.807) is 0 Å². The van der Waals surface area contributed by atoms with Gasteiger partial charge in [-0.25, -0.2) is 4.98 Å². The molecular weight excluding hydrogens is 361 g/mol. The number of aryl methyl sites for hydroxylation is 2. The van der Waals surface area contributed by atoms with Gasteiger partial charge in [0.05, 0.1) is 5.02 Å². The highest BCUT2D eigenvalue weighted by molar-refractivity contribution is 6.41. The van der Waals surface area contributed by atoms with Gasteiger partial charge in [0.25, 0.3) is 0 Å². The molecule has 0 atom stereocenters. The van der Waals surface area contributed by atoms with Crippen molar-refractivity contribution in [3.8, 4) is 0 Å². The zero-order chi connectivity index (χ0) is 18.4. The van der Waals surface area contributed by atoms with Crippen molar-refractivity contribution in [2.24, 2.45) is 5.92 Å². The number of benzene rings is 1. The van der Waals surface area contributed by atoms with Crippen molar-refractivity contribution >= 4 is 23.2 Å². The molecule has 2 aromatic rings. The lowest BCUT2D eigenvalue weighted by Gasteiger charge is -2.29. The highest BCUT2D eigenvalue weighted by Crippen LogP contribution is 2.37. The quantitative estimate of drug-likeness (QED) is 0.443. The molecule has 1 fully saturated rings. The summed E-state index contributed by atoms with van der Waals surface area (Å²) in [5, 5.41) is 0.965. The summed E-state index contributed by atoms with van der Waals surface area (Å²) in [7, 11) is 0. The van der Waals surface area contributed by atoms with Gasteiger partial charge in [-0.2, -0.15) is 0 Å². The van der Waals surface area contributed by atoms with Crippen LogP contribution in [-0.4, -0.2) is 4.98 Å². The van der Waals surface area contributed by atoms with Gasteiger partial charge < -0.3 is 0 Å². The van der Waals surface area contributed by atoms with E-state index in [-0.39, 0.29) is 0 Å². The van der Waals surface area contributed by atoms with Crippen LogP contribution in [0.25, 0.3) is 0 Å². The number of hydrogen-bond donors (Lipinski definition) is 0. The maximum atomic E-state index is 6.07. The molecule has 1 nitrogen and oxygen atoms in total. The lowest BCUT2D eigenvalue weighted by atomic mass is 9.77. The third-order valence-corrected chi connectivity index (χ3v) is 6.50. The maximum Gasteiger partial charge on any atom is 0.147 e. The van der Waals surface area contributed by atoms with Crippen LogP contribution in [0, 0.1) is 5.92 Å². The van der Waals surface area contributed by atoms with E-state index < -0.39 is 0 Å². The number of unbranched alkanes of at least 4 members (excludes halogenated alkanes) is 1. The molecule has 1 aliphatic rings. The number of aromatic nitrogens is 1. The maximum absolute atomic E-state index is 6.07. The predicted octanol–water partition coefficient (Wildman–Crippen LogP) is 7.64. The number of pyridine rings is 1. The van der Waals surface area contributed by atoms with E-state index in [1.807, 2.05) is 12.3 Å². The summed E-state index contributed by atoms with van der Waals surface area (Å²) in [6, 6.07) is 11.4. The van der Waals surface area contributed by atoms with Crippen LogP contribution in [0.15, 0.2) is 36.5 Å². The molecule has 1 heterocycles. The fourth-order valence-electron chi connectivity index (χ4n) is 4.09. The minimum absolute atomic E-state index is 0.400. The molecule has 0 unspecified atom stereocenters. The smallest absolute Gasteiger partial charge is 0.147 e. The molecule has 0 saturated heterocycles. The van der Waals surface area contributed by atoms with Crippen molar-refractivity contribution in [2.75, 3.05) is 0 Å². The molecule has 3 rings (SSSR count). The summed E-state index contributed by atoms with van der Waals surface area (Å²) in [6.45, 7) is 2.25. The molecule has 0 radical (unpaired) electrons. The Morgan fingerprint density at radius 3 is 2.35 bits per heavy atom. The first-order valence-corrected chi connectivity index (χ1v) is 10.8. The van der Waals surface area contributed by atoms with Crippen LogP contribution in [0.4, 0.5) is 0 Å². The molecule has 1 aromatic carbocycles. The van der Waals surface area contributed by atoms with Gasteiger partial charge in [0.1, 0.15) is 5.15 Å². The Kier molecular flexibility index (Phi) is 7.40. The summed E-state index contributed by atoms with van der Waals surface area (Å²) >= 11 is 12.0. The highest BCUT2D eigenvalue weighted by Gasteiger charge is 2.22. The second-order valence-electron chi connectivity index (χ2n) is 7.72. The van der Waals surface area contributed by atoms with Crippen molar-refractivity contribution in [1.29, 1.82) is 0 Å². The minimum atomic E-state index is 0.400. The van der Waals surface area contributed by atoms with E-state index in [9.17, 15) is 0 Å². The van der Waals surface area contributed by atoms with Crippen LogP contribution >= 0.6 is 23.2 Å². The van der Waals surface area contributed by atoms with Gasteiger partial charge in [0, 0.05) is 6.20 Å². The fourth-order valence-corrected chi connectivity index (χ4v) is 4.38. The zero-order valence-electron chi connectivity index (χ0n) is 15.7. The lowest BCUT2D eigenvalue weighted by Crippen LogP contribution is -2.14. The molecule has 0 N–H and O–H groups in total. The van der Waals surface area contributed by atoms with Crippen molar-refractivity contribution in [2.45, 2.75) is 70.6 Å². The van der Waals surface area contributed by atoms with Gasteiger partial charge >= 0.3 is 0 Å². The van der Waals surface area contributed by atoms with E-state index in [0.29, 0.717) is 10.2 Å². The molecule has 0 bridgehead atoms. The van der Waals surface area contributed by atoms with Crippen molar-refractivity contribution in [3.63, 3.8) is 0 Å². The van der Waals surface area contributed by atoms with E-state index in [2.05, 4.69) is 36.2 Å². The summed E-state index contributed by atoms with van der Waals surface area (Å²) in [6.07, 6.45) is 13.2. The largest absolute Gasteiger partial charge is 0.243 e. The van der Waals surface area contributed by atoms with E-state index in [0.717, 1.165) is 18.3 Å². The van der Waals surface area contributed by atoms with Gasteiger partial charge in [-0.3, -0.25) is 0 Å². The second kappa shape index (κ2) is 9.76. The topological polar surface area (TPSA) is 12.9 Å². The minimum Gasteiger partial charge on any atom is -0.243 e. The van der Waals surface area contributed by atoms with Crippen LogP contribution in [0.1, 0.15) is 74.5 Å². The molecule has 0 amide bonds. The Hall–Kier alpha value is -1.05. The third-order valence-electron chi connectivity index (χ3n) is 5.81. The molecular formula is C23H29Cl2N. The second-order valence-corrected chi connectivity index (χ2v) is 8.48. The van der Waals surface area contributed by atoms with Crippen molar-refractivity contribution < 1.29 is 0 Å². The number of halogens is 2. The highest BCUT2D eigenvalue weighted by atomic mass is 35.5. The van der Waals surface area contributed by atoms with E-state index >= 15 is 0 Å². The third kappa shape index (κ3) is 5.47. The summed E-state index contributed by atoms with van der Waals surface area (Å²) < 4.78 is 0. The van der Waals surface area contributed by atoms with Crippen LogP contribution in [0.2, 0.25) is 10.2 Å². The van der Waals surface area contributed by atoms with E-state index in [4.69, 9.17) is 23.2 Å². The average molecular weight is 390 g/mol. The molecule has 0 spiro atoms. The van der Waals surface area contributed by atoms with Crippen LogP contribution in [0.5, 0.6) is 0 Å². The average Bonchev–Trinajstić information content (AvgIpc) is 2.68. The van der Waals surface area contributed by atoms with Crippen LogP contribution in [-0.2, 0) is 12.8 Å². The van der Waals surface area contributed by atoms with Gasteiger partial charge in [0.15, 0.2) is 0 Å². The molecule has 26 heavy (non-hydrogen) atoms. The predicted molar refractivity (Wildman–Crippen MR) is 112 cm³/mol. The normalized spacial score (nSPS) is 20.3. The first-order chi connectivity index (χ1) is 12.7. The summed E-state index contributed by atoms with van der Waals surface area (Å²) in [4.78, 5) is 4.15. The molecule has 1 saturated carbocycles. The zero-order valence-corrected chi connectivity index (χ0v) is 17.2. The lowest BCUT2D eigenvalue weighted by molar-refractivity contribution is 0.310. The number of hydrogen-bond acceptors (Lipinski definition) is 1. The summed E-state index contributed by atoms with van der Waals surface area (Å²) in [5.41, 5.74) is 4.22. The Balaban J connectivity index is 1.45. The molecule has 3 heteroatoms. The monoisotopic (exact) mass is 389 g/mol. The molecule has 0 aliphatic heterocycles. The van der Waals surface area contributed by atoms with Crippen LogP contribution in [0.3, 0.4) is 0 Å². The number of nitrogens with zero attached hydrogens (tertiary/aromatic N) is 1. The standard InChI is InChI=1S/C23H29Cl2N/c1-2-3-4-17-7-11-20(12-8-17)21-13-9-18(10-14-21)5-6-19-15-22(24)23(25)26-16-19/h7-8,11-12,15-16,18,21H,2-6,9-10,13-14H2,1H3. The fraction of sp³-hybridized carbons (Fsp3) is 0.522. The summed E-state index contributed by atoms with van der Waals surface area (Å²) in [5.74, 6) is 1.57. The molecule has 140 valence electrons. The Labute approximate surface area is 168 Å². The Morgan fingerprint density at radius 2 is 1.69 bits per heavy atom. The van der Waals surface area contributed by atoms with E-state index in [1.165, 1.54) is 68.1 Å². The Morgan fingerprint density at radius 1 is 0.962 bits per heavy atom. The van der Waals surface area contributed by atoms with Gasteiger partial charge in [-0.15, -0.1) is 0 Å². The van der Waals surface area contributed by atoms with Crippen LogP contribution < -0.4 is 0 Å². The molecule has 1 aliphatic carbocycles. The Bertz CT molecular complexity index is 688. The van der Waals surface area contributed by atoms with Gasteiger partial charge in [0.2, 0.25) is 0 Å². The van der Waals surface area contributed by atoms with Gasteiger partial charge in [-0.1, -0.05) is 60.8 Å². The van der Waals surface area contributed by atoms with Gasteiger partial charge in [-0.05, 0) is 86.0 Å². The SMILES string of the molecule is CCCCc1ccc(C2CCC(CCc3cnc(Cl)c(Cl)c3)CC2)cc1. The first kappa shape index (κ1) is 19.7.